The maximum Gasteiger partial charge on any atom is 0.172 e. The lowest BCUT2D eigenvalue weighted by molar-refractivity contribution is 0.162. The van der Waals surface area contributed by atoms with Gasteiger partial charge in [0.2, 0.25) is 0 Å². The van der Waals surface area contributed by atoms with Crippen molar-refractivity contribution in [2.75, 3.05) is 5.75 Å². The number of sulfone groups is 1. The fourth-order valence-electron chi connectivity index (χ4n) is 1.62. The Hall–Kier alpha value is -0.580. The molecule has 0 aliphatic heterocycles. The molecule has 0 aliphatic rings. The van der Waals surface area contributed by atoms with Crippen LogP contribution in [0.4, 0.5) is 0 Å². The summed E-state index contributed by atoms with van der Waals surface area (Å²) in [5, 5.41) is 10.2. The SMILES string of the molecule is CCS(=O)(=O)[C@@](C)(Cl)[C@@H](O)c1ccccc1C. The average molecular weight is 277 g/mol. The normalized spacial score (nSPS) is 17.5. The average Bonchev–Trinajstić information content (AvgIpc) is 2.28. The molecule has 0 aliphatic carbocycles. The van der Waals surface area contributed by atoms with Crippen LogP contribution in [0, 0.1) is 6.92 Å². The fourth-order valence-corrected chi connectivity index (χ4v) is 3.10. The molecule has 0 unspecified atom stereocenters. The molecule has 0 fully saturated rings. The highest BCUT2D eigenvalue weighted by molar-refractivity contribution is 7.94. The molecule has 0 spiro atoms. The number of benzene rings is 1. The number of aryl methyl sites for hydroxylation is 1. The lowest BCUT2D eigenvalue weighted by Crippen LogP contribution is -2.37. The molecule has 5 heteroatoms. The quantitative estimate of drug-likeness (QED) is 0.860. The summed E-state index contributed by atoms with van der Waals surface area (Å²) in [5.41, 5.74) is 1.36. The van der Waals surface area contributed by atoms with Crippen LogP contribution in [0.5, 0.6) is 0 Å². The van der Waals surface area contributed by atoms with Crippen LogP contribution in [-0.4, -0.2) is 23.5 Å². The zero-order chi connectivity index (χ0) is 13.3. The molecule has 0 saturated heterocycles. The van der Waals surface area contributed by atoms with E-state index >= 15 is 0 Å². The van der Waals surface area contributed by atoms with Gasteiger partial charge < -0.3 is 5.11 Å². The summed E-state index contributed by atoms with van der Waals surface area (Å²) >= 11 is 6.05. The molecule has 0 bridgehead atoms. The second kappa shape index (κ2) is 4.96. The molecule has 2 atom stereocenters. The van der Waals surface area contributed by atoms with Gasteiger partial charge in [0.1, 0.15) is 6.10 Å². The molecule has 0 aromatic heterocycles. The fraction of sp³-hybridized carbons (Fsp3) is 0.500. The first-order chi connectivity index (χ1) is 7.74. The lowest BCUT2D eigenvalue weighted by Gasteiger charge is -2.28. The van der Waals surface area contributed by atoms with Gasteiger partial charge >= 0.3 is 0 Å². The van der Waals surface area contributed by atoms with E-state index in [4.69, 9.17) is 11.6 Å². The third-order valence-corrected chi connectivity index (χ3v) is 6.07. The number of aliphatic hydroxyl groups is 1. The molecule has 1 N–H and O–H groups in total. The van der Waals surface area contributed by atoms with Crippen LogP contribution in [0.25, 0.3) is 0 Å². The molecule has 0 amide bonds. The van der Waals surface area contributed by atoms with E-state index in [0.29, 0.717) is 5.56 Å². The minimum atomic E-state index is -3.55. The Morgan fingerprint density at radius 2 is 1.94 bits per heavy atom. The highest BCUT2D eigenvalue weighted by Gasteiger charge is 2.43. The lowest BCUT2D eigenvalue weighted by atomic mass is 10.0. The van der Waals surface area contributed by atoms with Crippen molar-refractivity contribution < 1.29 is 13.5 Å². The van der Waals surface area contributed by atoms with Crippen molar-refractivity contribution in [3.05, 3.63) is 35.4 Å². The second-order valence-electron chi connectivity index (χ2n) is 4.15. The van der Waals surface area contributed by atoms with E-state index in [1.54, 1.807) is 12.1 Å². The number of halogens is 1. The van der Waals surface area contributed by atoms with Gasteiger partial charge in [-0.2, -0.15) is 0 Å². The minimum Gasteiger partial charge on any atom is -0.385 e. The molecular formula is C12H17ClO3S. The van der Waals surface area contributed by atoms with E-state index in [2.05, 4.69) is 0 Å². The molecule has 0 heterocycles. The first-order valence-corrected chi connectivity index (χ1v) is 7.42. The van der Waals surface area contributed by atoms with Crippen LogP contribution in [0.1, 0.15) is 31.1 Å². The molecule has 3 nitrogen and oxygen atoms in total. The van der Waals surface area contributed by atoms with Gasteiger partial charge in [-0.25, -0.2) is 8.42 Å². The largest absolute Gasteiger partial charge is 0.385 e. The first kappa shape index (κ1) is 14.5. The molecular weight excluding hydrogens is 260 g/mol. The van der Waals surface area contributed by atoms with Crippen molar-refractivity contribution >= 4 is 21.4 Å². The molecule has 0 radical (unpaired) electrons. The smallest absolute Gasteiger partial charge is 0.172 e. The van der Waals surface area contributed by atoms with Crippen molar-refractivity contribution in [1.82, 2.24) is 0 Å². The van der Waals surface area contributed by atoms with Crippen LogP contribution in [0.3, 0.4) is 0 Å². The summed E-state index contributed by atoms with van der Waals surface area (Å²) < 4.78 is 22.0. The third-order valence-electron chi connectivity index (χ3n) is 2.96. The first-order valence-electron chi connectivity index (χ1n) is 5.39. The zero-order valence-electron chi connectivity index (χ0n) is 10.1. The Kier molecular flexibility index (Phi) is 4.23. The monoisotopic (exact) mass is 276 g/mol. The number of hydrogen-bond acceptors (Lipinski definition) is 3. The highest BCUT2D eigenvalue weighted by Crippen LogP contribution is 2.38. The Bertz CT molecular complexity index is 494. The molecule has 1 rings (SSSR count). The van der Waals surface area contributed by atoms with Crippen LogP contribution >= 0.6 is 11.6 Å². The van der Waals surface area contributed by atoms with Gasteiger partial charge in [-0.3, -0.25) is 0 Å². The third kappa shape index (κ3) is 2.64. The van der Waals surface area contributed by atoms with E-state index in [0.717, 1.165) is 5.56 Å². The predicted molar refractivity (Wildman–Crippen MR) is 69.9 cm³/mol. The van der Waals surface area contributed by atoms with Crippen LogP contribution in [0.15, 0.2) is 24.3 Å². The molecule has 96 valence electrons. The Morgan fingerprint density at radius 1 is 1.41 bits per heavy atom. The van der Waals surface area contributed by atoms with Crippen molar-refractivity contribution in [3.63, 3.8) is 0 Å². The van der Waals surface area contributed by atoms with Crippen molar-refractivity contribution in [2.45, 2.75) is 31.1 Å². The number of alkyl halides is 1. The van der Waals surface area contributed by atoms with Gasteiger partial charge in [-0.1, -0.05) is 42.8 Å². The summed E-state index contributed by atoms with van der Waals surface area (Å²) in [7, 11) is -3.55. The summed E-state index contributed by atoms with van der Waals surface area (Å²) in [6, 6.07) is 7.07. The number of hydrogen-bond donors (Lipinski definition) is 1. The zero-order valence-corrected chi connectivity index (χ0v) is 11.7. The molecule has 17 heavy (non-hydrogen) atoms. The number of rotatable bonds is 4. The van der Waals surface area contributed by atoms with Gasteiger partial charge in [0.25, 0.3) is 0 Å². The second-order valence-corrected chi connectivity index (χ2v) is 7.81. The Balaban J connectivity index is 3.23. The molecule has 0 saturated carbocycles. The van der Waals surface area contributed by atoms with Crippen molar-refractivity contribution in [3.8, 4) is 0 Å². The highest BCUT2D eigenvalue weighted by atomic mass is 35.5. The van der Waals surface area contributed by atoms with Crippen LogP contribution in [0.2, 0.25) is 0 Å². The predicted octanol–water partition coefficient (Wildman–Crippen LogP) is 2.42. The van der Waals surface area contributed by atoms with Crippen molar-refractivity contribution in [1.29, 1.82) is 0 Å². The summed E-state index contributed by atoms with van der Waals surface area (Å²) in [5.74, 6) is -0.101. The van der Waals surface area contributed by atoms with E-state index in [1.807, 2.05) is 19.1 Å². The van der Waals surface area contributed by atoms with E-state index in [9.17, 15) is 13.5 Å². The summed E-state index contributed by atoms with van der Waals surface area (Å²) in [4.78, 5) is 0. The van der Waals surface area contributed by atoms with Gasteiger partial charge in [0.15, 0.2) is 14.0 Å². The minimum absolute atomic E-state index is 0.101. The number of aliphatic hydroxyl groups excluding tert-OH is 1. The van der Waals surface area contributed by atoms with Crippen LogP contribution < -0.4 is 0 Å². The Labute approximate surface area is 107 Å². The van der Waals surface area contributed by atoms with Crippen LogP contribution in [-0.2, 0) is 9.84 Å². The summed E-state index contributed by atoms with van der Waals surface area (Å²) in [6.45, 7) is 4.66. The van der Waals surface area contributed by atoms with Gasteiger partial charge in [0, 0.05) is 5.75 Å². The van der Waals surface area contributed by atoms with E-state index < -0.39 is 20.1 Å². The maximum absolute atomic E-state index is 11.9. The topological polar surface area (TPSA) is 54.4 Å². The van der Waals surface area contributed by atoms with E-state index in [-0.39, 0.29) is 5.75 Å². The maximum atomic E-state index is 11.9. The van der Waals surface area contributed by atoms with Gasteiger partial charge in [0.05, 0.1) is 0 Å². The van der Waals surface area contributed by atoms with E-state index in [1.165, 1.54) is 13.8 Å². The van der Waals surface area contributed by atoms with Gasteiger partial charge in [-0.05, 0) is 25.0 Å². The molecule has 1 aromatic carbocycles. The van der Waals surface area contributed by atoms with Crippen molar-refractivity contribution in [2.24, 2.45) is 0 Å². The Morgan fingerprint density at radius 3 is 2.41 bits per heavy atom. The summed E-state index contributed by atoms with van der Waals surface area (Å²) in [6.07, 6.45) is -1.24. The van der Waals surface area contributed by atoms with Gasteiger partial charge in [-0.15, -0.1) is 0 Å². The standard InChI is InChI=1S/C12H17ClO3S/c1-4-17(15,16)12(3,13)11(14)10-8-6-5-7-9(10)2/h5-8,11,14H,4H2,1-3H3/t11-,12+/m0/s1. The molecule has 1 aromatic rings.